The monoisotopic (exact) mass is 188 g/mol. The normalized spacial score (nSPS) is 26.4. The van der Waals surface area contributed by atoms with Crippen LogP contribution in [0.25, 0.3) is 5.57 Å². The van der Waals surface area contributed by atoms with Crippen molar-refractivity contribution in [1.82, 2.24) is 0 Å². The van der Waals surface area contributed by atoms with E-state index >= 15 is 0 Å². The van der Waals surface area contributed by atoms with E-state index in [1.807, 2.05) is 18.2 Å². The molecule has 0 spiro atoms. The summed E-state index contributed by atoms with van der Waals surface area (Å²) in [5, 5.41) is 9.76. The fourth-order valence-electron chi connectivity index (χ4n) is 2.21. The third kappa shape index (κ3) is 1.73. The highest BCUT2D eigenvalue weighted by Crippen LogP contribution is 2.35. The van der Waals surface area contributed by atoms with Gasteiger partial charge in [-0.05, 0) is 24.0 Å². The molecule has 1 heteroatoms. The Labute approximate surface area is 85.1 Å². The summed E-state index contributed by atoms with van der Waals surface area (Å²) in [6.45, 7) is 4.10. The molecule has 1 fully saturated rings. The Bertz CT molecular complexity index is 315. The summed E-state index contributed by atoms with van der Waals surface area (Å²) in [6, 6.07) is 10.2. The van der Waals surface area contributed by atoms with Gasteiger partial charge < -0.3 is 5.11 Å². The molecule has 0 aliphatic heterocycles. The van der Waals surface area contributed by atoms with Gasteiger partial charge in [0.25, 0.3) is 0 Å². The Morgan fingerprint density at radius 2 is 1.93 bits per heavy atom. The first-order valence-electron chi connectivity index (χ1n) is 5.21. The lowest BCUT2D eigenvalue weighted by atomic mass is 9.91. The van der Waals surface area contributed by atoms with Crippen LogP contribution in [0.5, 0.6) is 0 Å². The quantitative estimate of drug-likeness (QED) is 0.756. The van der Waals surface area contributed by atoms with Crippen LogP contribution in [0.15, 0.2) is 36.9 Å². The van der Waals surface area contributed by atoms with E-state index in [9.17, 15) is 5.11 Å². The topological polar surface area (TPSA) is 20.2 Å². The lowest BCUT2D eigenvalue weighted by Gasteiger charge is -2.17. The van der Waals surface area contributed by atoms with Crippen LogP contribution < -0.4 is 0 Å². The Morgan fingerprint density at radius 3 is 2.50 bits per heavy atom. The van der Waals surface area contributed by atoms with Gasteiger partial charge in [0.2, 0.25) is 0 Å². The van der Waals surface area contributed by atoms with Gasteiger partial charge in [-0.15, -0.1) is 0 Å². The minimum atomic E-state index is -0.178. The predicted octanol–water partition coefficient (Wildman–Crippen LogP) is 2.86. The van der Waals surface area contributed by atoms with Crippen molar-refractivity contribution in [2.75, 3.05) is 0 Å². The number of aliphatic hydroxyl groups is 1. The van der Waals surface area contributed by atoms with E-state index in [0.717, 1.165) is 24.8 Å². The van der Waals surface area contributed by atoms with Crippen molar-refractivity contribution in [3.63, 3.8) is 0 Å². The molecule has 2 atom stereocenters. The highest BCUT2D eigenvalue weighted by molar-refractivity contribution is 5.65. The first-order chi connectivity index (χ1) is 6.79. The molecule has 1 aromatic carbocycles. The molecule has 1 aromatic rings. The van der Waals surface area contributed by atoms with Crippen molar-refractivity contribution in [3.8, 4) is 0 Å². The summed E-state index contributed by atoms with van der Waals surface area (Å²) in [7, 11) is 0. The summed E-state index contributed by atoms with van der Waals surface area (Å²) in [5.41, 5.74) is 2.26. The molecule has 1 aliphatic rings. The molecule has 1 aliphatic carbocycles. The van der Waals surface area contributed by atoms with Crippen molar-refractivity contribution >= 4 is 5.57 Å². The lowest BCUT2D eigenvalue weighted by molar-refractivity contribution is 0.157. The van der Waals surface area contributed by atoms with Crippen LogP contribution in [0.1, 0.15) is 24.8 Å². The van der Waals surface area contributed by atoms with Gasteiger partial charge in [0.05, 0.1) is 6.10 Å². The van der Waals surface area contributed by atoms with E-state index in [0.29, 0.717) is 0 Å². The van der Waals surface area contributed by atoms with Crippen molar-refractivity contribution < 1.29 is 5.11 Å². The van der Waals surface area contributed by atoms with Crippen molar-refractivity contribution in [1.29, 1.82) is 0 Å². The highest BCUT2D eigenvalue weighted by Gasteiger charge is 2.27. The van der Waals surface area contributed by atoms with Crippen molar-refractivity contribution in [3.05, 3.63) is 42.5 Å². The third-order valence-corrected chi connectivity index (χ3v) is 3.07. The molecule has 0 radical (unpaired) electrons. The van der Waals surface area contributed by atoms with Gasteiger partial charge in [-0.2, -0.15) is 0 Å². The first-order valence-corrected chi connectivity index (χ1v) is 5.21. The van der Waals surface area contributed by atoms with Gasteiger partial charge in [0.15, 0.2) is 0 Å². The fourth-order valence-corrected chi connectivity index (χ4v) is 2.21. The average molecular weight is 188 g/mol. The fraction of sp³-hybridized carbons (Fsp3) is 0.385. The Hall–Kier alpha value is -1.08. The smallest absolute Gasteiger partial charge is 0.0608 e. The maximum absolute atomic E-state index is 9.76. The number of rotatable bonds is 2. The van der Waals surface area contributed by atoms with Gasteiger partial charge in [-0.3, -0.25) is 0 Å². The third-order valence-electron chi connectivity index (χ3n) is 3.07. The second kappa shape index (κ2) is 3.97. The summed E-state index contributed by atoms with van der Waals surface area (Å²) in [4.78, 5) is 0. The summed E-state index contributed by atoms with van der Waals surface area (Å²) in [5.74, 6) is 0.275. The molecule has 0 unspecified atom stereocenters. The molecule has 0 heterocycles. The molecule has 1 N–H and O–H groups in total. The van der Waals surface area contributed by atoms with E-state index < -0.39 is 0 Å². The zero-order valence-electron chi connectivity index (χ0n) is 8.32. The molecular weight excluding hydrogens is 172 g/mol. The van der Waals surface area contributed by atoms with E-state index in [4.69, 9.17) is 0 Å². The Kier molecular flexibility index (Phi) is 2.69. The maximum Gasteiger partial charge on any atom is 0.0608 e. The molecule has 1 saturated carbocycles. The Balaban J connectivity index is 2.16. The second-order valence-electron chi connectivity index (χ2n) is 4.00. The van der Waals surface area contributed by atoms with Gasteiger partial charge >= 0.3 is 0 Å². The summed E-state index contributed by atoms with van der Waals surface area (Å²) in [6.07, 6.45) is 2.95. The molecule has 0 saturated heterocycles. The number of benzene rings is 1. The second-order valence-corrected chi connectivity index (χ2v) is 4.00. The first kappa shape index (κ1) is 9.47. The standard InChI is InChI=1S/C13H16O/c1-10(11-6-3-2-4-7-11)12-8-5-9-13(12)14/h2-4,6-7,12-14H,1,5,8-9H2/t12-,13-/m0/s1. The largest absolute Gasteiger partial charge is 0.392 e. The predicted molar refractivity (Wildman–Crippen MR) is 58.8 cm³/mol. The SMILES string of the molecule is C=C(c1ccccc1)[C@@H]1CCC[C@@H]1O. The van der Waals surface area contributed by atoms with Crippen LogP contribution in [0.4, 0.5) is 0 Å². The number of hydrogen-bond donors (Lipinski definition) is 1. The molecule has 0 amide bonds. The van der Waals surface area contributed by atoms with Gasteiger partial charge in [0.1, 0.15) is 0 Å². The van der Waals surface area contributed by atoms with Crippen LogP contribution in [-0.2, 0) is 0 Å². The van der Waals surface area contributed by atoms with E-state index in [1.54, 1.807) is 0 Å². The van der Waals surface area contributed by atoms with Crippen LogP contribution in [0.2, 0.25) is 0 Å². The zero-order valence-corrected chi connectivity index (χ0v) is 8.32. The summed E-state index contributed by atoms with van der Waals surface area (Å²) < 4.78 is 0. The highest BCUT2D eigenvalue weighted by atomic mass is 16.3. The number of hydrogen-bond acceptors (Lipinski definition) is 1. The average Bonchev–Trinajstić information content (AvgIpc) is 2.65. The summed E-state index contributed by atoms with van der Waals surface area (Å²) >= 11 is 0. The minimum absolute atomic E-state index is 0.178. The lowest BCUT2D eigenvalue weighted by Crippen LogP contribution is -2.14. The number of aliphatic hydroxyl groups excluding tert-OH is 1. The van der Waals surface area contributed by atoms with E-state index in [-0.39, 0.29) is 12.0 Å². The molecule has 74 valence electrons. The van der Waals surface area contributed by atoms with E-state index in [1.165, 1.54) is 5.56 Å². The van der Waals surface area contributed by atoms with Crippen LogP contribution in [-0.4, -0.2) is 11.2 Å². The molecule has 0 bridgehead atoms. The minimum Gasteiger partial charge on any atom is -0.392 e. The zero-order chi connectivity index (χ0) is 9.97. The van der Waals surface area contributed by atoms with Gasteiger partial charge in [-0.25, -0.2) is 0 Å². The maximum atomic E-state index is 9.76. The Morgan fingerprint density at radius 1 is 1.21 bits per heavy atom. The van der Waals surface area contributed by atoms with Crippen LogP contribution in [0, 0.1) is 5.92 Å². The van der Waals surface area contributed by atoms with Crippen LogP contribution >= 0.6 is 0 Å². The molecule has 0 aromatic heterocycles. The molecule has 14 heavy (non-hydrogen) atoms. The van der Waals surface area contributed by atoms with Crippen molar-refractivity contribution in [2.45, 2.75) is 25.4 Å². The van der Waals surface area contributed by atoms with Gasteiger partial charge in [-0.1, -0.05) is 43.3 Å². The van der Waals surface area contributed by atoms with Crippen LogP contribution in [0.3, 0.4) is 0 Å². The molecular formula is C13H16O. The van der Waals surface area contributed by atoms with Gasteiger partial charge in [0, 0.05) is 5.92 Å². The molecule has 2 rings (SSSR count). The molecule has 1 nitrogen and oxygen atoms in total. The van der Waals surface area contributed by atoms with Crippen molar-refractivity contribution in [2.24, 2.45) is 5.92 Å². The van der Waals surface area contributed by atoms with E-state index in [2.05, 4.69) is 18.7 Å².